The van der Waals surface area contributed by atoms with Crippen molar-refractivity contribution in [3.63, 3.8) is 0 Å². The lowest BCUT2D eigenvalue weighted by molar-refractivity contribution is -0.149. The van der Waals surface area contributed by atoms with Crippen molar-refractivity contribution in [1.82, 2.24) is 9.88 Å². The Morgan fingerprint density at radius 2 is 2.00 bits per heavy atom. The highest BCUT2D eigenvalue weighted by atomic mass is 35.5. The third-order valence-corrected chi connectivity index (χ3v) is 2.63. The van der Waals surface area contributed by atoms with Crippen molar-refractivity contribution in [3.05, 3.63) is 28.5 Å². The molecule has 1 N–H and O–H groups in total. The molecule has 0 aromatic carbocycles. The van der Waals surface area contributed by atoms with Crippen LogP contribution in [0.4, 0.5) is 13.2 Å². The van der Waals surface area contributed by atoms with Crippen LogP contribution in [-0.2, 0) is 11.2 Å². The summed E-state index contributed by atoms with van der Waals surface area (Å²) in [5.41, 5.74) is 0.297. The first-order valence-corrected chi connectivity index (χ1v) is 6.24. The minimum atomic E-state index is -4.70. The summed E-state index contributed by atoms with van der Waals surface area (Å²) >= 11 is 5.70. The number of nitrogens with zero attached hydrogens (tertiary/aromatic N) is 2. The normalized spacial score (nSPS) is 11.3. The van der Waals surface area contributed by atoms with Crippen LogP contribution in [0, 0.1) is 0 Å². The Balaban J connectivity index is 3.09. The van der Waals surface area contributed by atoms with E-state index in [4.69, 9.17) is 16.7 Å². The predicted octanol–water partition coefficient (Wildman–Crippen LogP) is 2.39. The van der Waals surface area contributed by atoms with Crippen molar-refractivity contribution in [1.29, 1.82) is 0 Å². The number of aromatic nitrogens is 1. The number of halogens is 4. The van der Waals surface area contributed by atoms with Gasteiger partial charge in [-0.15, -0.1) is 0 Å². The highest BCUT2D eigenvalue weighted by Gasteiger charge is 2.34. The van der Waals surface area contributed by atoms with Gasteiger partial charge in [0.1, 0.15) is 18.2 Å². The minimum absolute atomic E-state index is 0.0417. The molecule has 1 aromatic rings. The molecule has 0 saturated carbocycles. The van der Waals surface area contributed by atoms with E-state index < -0.39 is 31.1 Å². The lowest BCUT2D eigenvalue weighted by Crippen LogP contribution is -2.42. The number of hydrogen-bond acceptors (Lipinski definition) is 3. The number of pyridine rings is 1. The number of carboxylic acids is 1. The Morgan fingerprint density at radius 1 is 1.38 bits per heavy atom. The van der Waals surface area contributed by atoms with Crippen LogP contribution in [0.5, 0.6) is 0 Å². The SMILES string of the molecule is CCc1cc(C(=O)N(CC(=O)O)CC(F)(F)F)cc(Cl)n1. The van der Waals surface area contributed by atoms with Gasteiger partial charge in [-0.3, -0.25) is 9.59 Å². The molecule has 0 radical (unpaired) electrons. The van der Waals surface area contributed by atoms with Gasteiger partial charge in [-0.2, -0.15) is 13.2 Å². The van der Waals surface area contributed by atoms with Crippen LogP contribution < -0.4 is 0 Å². The number of amides is 1. The zero-order valence-corrected chi connectivity index (χ0v) is 11.7. The van der Waals surface area contributed by atoms with Gasteiger partial charge in [0, 0.05) is 11.3 Å². The zero-order chi connectivity index (χ0) is 16.2. The lowest BCUT2D eigenvalue weighted by Gasteiger charge is -2.22. The highest BCUT2D eigenvalue weighted by Crippen LogP contribution is 2.19. The smallest absolute Gasteiger partial charge is 0.406 e. The van der Waals surface area contributed by atoms with E-state index in [0.717, 1.165) is 6.07 Å². The maximum atomic E-state index is 12.4. The summed E-state index contributed by atoms with van der Waals surface area (Å²) in [6.45, 7) is -0.975. The number of alkyl halides is 3. The van der Waals surface area contributed by atoms with Gasteiger partial charge in [-0.05, 0) is 18.6 Å². The first kappa shape index (κ1) is 17.2. The molecule has 0 fully saturated rings. The summed E-state index contributed by atoms with van der Waals surface area (Å²) in [6.07, 6.45) is -4.27. The second kappa shape index (κ2) is 6.75. The number of rotatable bonds is 5. The van der Waals surface area contributed by atoms with Crippen LogP contribution in [0.1, 0.15) is 23.0 Å². The molecule has 0 unspecified atom stereocenters. The second-order valence-electron chi connectivity index (χ2n) is 4.19. The van der Waals surface area contributed by atoms with Gasteiger partial charge in [0.05, 0.1) is 0 Å². The Kier molecular flexibility index (Phi) is 5.54. The molecular weight excluding hydrogens is 313 g/mol. The molecule has 0 saturated heterocycles. The molecule has 116 valence electrons. The molecule has 1 amide bonds. The van der Waals surface area contributed by atoms with E-state index in [1.165, 1.54) is 6.07 Å². The maximum absolute atomic E-state index is 12.4. The third kappa shape index (κ3) is 5.58. The molecule has 5 nitrogen and oxygen atoms in total. The van der Waals surface area contributed by atoms with Crippen molar-refractivity contribution in [2.24, 2.45) is 0 Å². The number of aryl methyl sites for hydroxylation is 1. The Hall–Kier alpha value is -1.83. The first-order valence-electron chi connectivity index (χ1n) is 5.86. The average Bonchev–Trinajstić information content (AvgIpc) is 2.34. The van der Waals surface area contributed by atoms with E-state index in [9.17, 15) is 22.8 Å². The number of carbonyl (C=O) groups is 2. The summed E-state index contributed by atoms with van der Waals surface area (Å²) < 4.78 is 37.3. The summed E-state index contributed by atoms with van der Waals surface area (Å²) in [5, 5.41) is 8.59. The molecular formula is C12H12ClF3N2O3. The third-order valence-electron chi connectivity index (χ3n) is 2.44. The maximum Gasteiger partial charge on any atom is 0.406 e. The van der Waals surface area contributed by atoms with Gasteiger partial charge in [-0.1, -0.05) is 18.5 Å². The fourth-order valence-corrected chi connectivity index (χ4v) is 1.84. The topological polar surface area (TPSA) is 70.5 Å². The van der Waals surface area contributed by atoms with Gasteiger partial charge >= 0.3 is 12.1 Å². The summed E-state index contributed by atoms with van der Waals surface area (Å²) in [4.78, 5) is 26.8. The van der Waals surface area contributed by atoms with Crippen LogP contribution in [-0.4, -0.2) is 46.1 Å². The zero-order valence-electron chi connectivity index (χ0n) is 10.9. The van der Waals surface area contributed by atoms with Crippen molar-refractivity contribution >= 4 is 23.5 Å². The molecule has 21 heavy (non-hydrogen) atoms. The molecule has 1 aromatic heterocycles. The quantitative estimate of drug-likeness (QED) is 0.844. The molecule has 0 aliphatic carbocycles. The number of hydrogen-bond donors (Lipinski definition) is 1. The first-order chi connectivity index (χ1) is 9.62. The van der Waals surface area contributed by atoms with Crippen LogP contribution in [0.25, 0.3) is 0 Å². The number of aliphatic carboxylic acids is 1. The minimum Gasteiger partial charge on any atom is -0.480 e. The second-order valence-corrected chi connectivity index (χ2v) is 4.58. The molecule has 1 rings (SSSR count). The molecule has 0 atom stereocenters. The van der Waals surface area contributed by atoms with Gasteiger partial charge in [0.25, 0.3) is 5.91 Å². The predicted molar refractivity (Wildman–Crippen MR) is 68.2 cm³/mol. The molecule has 0 bridgehead atoms. The van der Waals surface area contributed by atoms with Crippen LogP contribution in [0.3, 0.4) is 0 Å². The van der Waals surface area contributed by atoms with Crippen molar-refractivity contribution in [2.75, 3.05) is 13.1 Å². The van der Waals surface area contributed by atoms with Crippen molar-refractivity contribution in [3.8, 4) is 0 Å². The van der Waals surface area contributed by atoms with E-state index in [1.807, 2.05) is 0 Å². The van der Waals surface area contributed by atoms with Gasteiger partial charge in [-0.25, -0.2) is 4.98 Å². The van der Waals surface area contributed by atoms with E-state index in [-0.39, 0.29) is 15.6 Å². The average molecular weight is 325 g/mol. The largest absolute Gasteiger partial charge is 0.480 e. The van der Waals surface area contributed by atoms with Crippen LogP contribution >= 0.6 is 11.6 Å². The molecule has 0 spiro atoms. The Morgan fingerprint density at radius 3 is 2.48 bits per heavy atom. The van der Waals surface area contributed by atoms with Crippen molar-refractivity contribution in [2.45, 2.75) is 19.5 Å². The Labute approximate surface area is 123 Å². The van der Waals surface area contributed by atoms with E-state index in [1.54, 1.807) is 6.92 Å². The molecule has 0 aliphatic rings. The summed E-state index contributed by atoms with van der Waals surface area (Å²) in [7, 11) is 0. The molecule has 9 heteroatoms. The highest BCUT2D eigenvalue weighted by molar-refractivity contribution is 6.29. The van der Waals surface area contributed by atoms with E-state index in [0.29, 0.717) is 12.1 Å². The summed E-state index contributed by atoms with van der Waals surface area (Å²) in [5.74, 6) is -2.60. The molecule has 0 aliphatic heterocycles. The van der Waals surface area contributed by atoms with Crippen molar-refractivity contribution < 1.29 is 27.9 Å². The van der Waals surface area contributed by atoms with E-state index >= 15 is 0 Å². The Bertz CT molecular complexity index is 549. The fraction of sp³-hybridized carbons (Fsp3) is 0.417. The number of carbonyl (C=O) groups excluding carboxylic acids is 1. The molecule has 1 heterocycles. The summed E-state index contributed by atoms with van der Waals surface area (Å²) in [6, 6.07) is 2.40. The standard InChI is InChI=1S/C12H12ClF3N2O3/c1-2-8-3-7(4-9(13)17-8)11(21)18(5-10(19)20)6-12(14,15)16/h3-4H,2,5-6H2,1H3,(H,19,20). The van der Waals surface area contributed by atoms with Gasteiger partial charge in [0.2, 0.25) is 0 Å². The van der Waals surface area contributed by atoms with Gasteiger partial charge < -0.3 is 10.0 Å². The van der Waals surface area contributed by atoms with Gasteiger partial charge in [0.15, 0.2) is 0 Å². The number of carboxylic acid groups (broad SMARTS) is 1. The monoisotopic (exact) mass is 324 g/mol. The van der Waals surface area contributed by atoms with Crippen LogP contribution in [0.2, 0.25) is 5.15 Å². The lowest BCUT2D eigenvalue weighted by atomic mass is 10.1. The van der Waals surface area contributed by atoms with Crippen LogP contribution in [0.15, 0.2) is 12.1 Å². The fourth-order valence-electron chi connectivity index (χ4n) is 1.62. The van der Waals surface area contributed by atoms with E-state index in [2.05, 4.69) is 4.98 Å².